The summed E-state index contributed by atoms with van der Waals surface area (Å²) in [4.78, 5) is 27.4. The Morgan fingerprint density at radius 3 is 2.40 bits per heavy atom. The third kappa shape index (κ3) is 5.44. The summed E-state index contributed by atoms with van der Waals surface area (Å²) in [5.41, 5.74) is 0.382. The van der Waals surface area contributed by atoms with Crippen LogP contribution in [0.1, 0.15) is 44.0 Å². The highest BCUT2D eigenvalue weighted by Crippen LogP contribution is 2.16. The maximum Gasteiger partial charge on any atom is 0.253 e. The van der Waals surface area contributed by atoms with Gasteiger partial charge in [0.25, 0.3) is 5.91 Å². The fourth-order valence-corrected chi connectivity index (χ4v) is 3.29. The molecule has 5 nitrogen and oxygen atoms in total. The van der Waals surface area contributed by atoms with E-state index < -0.39 is 6.04 Å². The van der Waals surface area contributed by atoms with Gasteiger partial charge >= 0.3 is 0 Å². The van der Waals surface area contributed by atoms with E-state index in [9.17, 15) is 9.59 Å². The Kier molecular flexibility index (Phi) is 7.26. The van der Waals surface area contributed by atoms with Crippen LogP contribution in [0.15, 0.2) is 24.3 Å². The Labute approximate surface area is 155 Å². The molecule has 138 valence electrons. The van der Waals surface area contributed by atoms with Crippen molar-refractivity contribution in [1.82, 2.24) is 15.5 Å². The number of likely N-dealkylation sites (tertiary alicyclic amines) is 1. The van der Waals surface area contributed by atoms with E-state index in [4.69, 9.17) is 11.6 Å². The van der Waals surface area contributed by atoms with Gasteiger partial charge in [-0.15, -0.1) is 0 Å². The molecule has 6 heteroatoms. The van der Waals surface area contributed by atoms with Crippen LogP contribution >= 0.6 is 11.6 Å². The lowest BCUT2D eigenvalue weighted by Gasteiger charge is -2.26. The standard InChI is InChI=1S/C19H28ClN3O2/c1-13(2)17(22-18(24)15-8-4-5-9-16(15)20)19(25)21-12-14(3)23-10-6-7-11-23/h4-5,8-9,13-14,17H,6-7,10-12H2,1-3H3,(H,21,25)(H,22,24)/t14-,17-/m1/s1. The fraction of sp³-hybridized carbons (Fsp3) is 0.579. The Hall–Kier alpha value is -1.59. The molecule has 1 aliphatic rings. The zero-order valence-corrected chi connectivity index (χ0v) is 16.0. The first-order valence-corrected chi connectivity index (χ1v) is 9.35. The van der Waals surface area contributed by atoms with E-state index in [1.165, 1.54) is 12.8 Å². The molecule has 0 radical (unpaired) electrons. The van der Waals surface area contributed by atoms with Crippen molar-refractivity contribution in [3.63, 3.8) is 0 Å². The van der Waals surface area contributed by atoms with E-state index >= 15 is 0 Å². The zero-order chi connectivity index (χ0) is 18.4. The number of amides is 2. The molecule has 0 aromatic heterocycles. The van der Waals surface area contributed by atoms with Crippen LogP contribution in [-0.2, 0) is 4.79 Å². The number of benzene rings is 1. The third-order valence-electron chi connectivity index (χ3n) is 4.69. The largest absolute Gasteiger partial charge is 0.353 e. The van der Waals surface area contributed by atoms with E-state index in [1.807, 2.05) is 13.8 Å². The van der Waals surface area contributed by atoms with Crippen molar-refractivity contribution >= 4 is 23.4 Å². The predicted octanol–water partition coefficient (Wildman–Crippen LogP) is 2.69. The van der Waals surface area contributed by atoms with Gasteiger partial charge in [0, 0.05) is 12.6 Å². The molecular formula is C19H28ClN3O2. The Morgan fingerprint density at radius 2 is 1.80 bits per heavy atom. The molecule has 0 aliphatic carbocycles. The quantitative estimate of drug-likeness (QED) is 0.781. The topological polar surface area (TPSA) is 61.4 Å². The summed E-state index contributed by atoms with van der Waals surface area (Å²) in [6, 6.07) is 6.56. The minimum Gasteiger partial charge on any atom is -0.353 e. The lowest BCUT2D eigenvalue weighted by Crippen LogP contribution is -2.52. The van der Waals surface area contributed by atoms with Gasteiger partial charge < -0.3 is 10.6 Å². The summed E-state index contributed by atoms with van der Waals surface area (Å²) in [5, 5.41) is 6.18. The zero-order valence-electron chi connectivity index (χ0n) is 15.2. The van der Waals surface area contributed by atoms with Crippen LogP contribution in [0.5, 0.6) is 0 Å². The lowest BCUT2D eigenvalue weighted by molar-refractivity contribution is -0.124. The van der Waals surface area contributed by atoms with Crippen LogP contribution in [0.3, 0.4) is 0 Å². The maximum atomic E-state index is 12.6. The molecular weight excluding hydrogens is 338 g/mol. The van der Waals surface area contributed by atoms with E-state index in [2.05, 4.69) is 22.5 Å². The smallest absolute Gasteiger partial charge is 0.253 e. The fourth-order valence-electron chi connectivity index (χ4n) is 3.07. The van der Waals surface area contributed by atoms with Gasteiger partial charge in [-0.2, -0.15) is 0 Å². The maximum absolute atomic E-state index is 12.6. The summed E-state index contributed by atoms with van der Waals surface area (Å²) in [5.74, 6) is -0.498. The normalized spacial score (nSPS) is 17.3. The molecule has 1 aromatic carbocycles. The minimum absolute atomic E-state index is 0.0199. The monoisotopic (exact) mass is 365 g/mol. The Balaban J connectivity index is 1.93. The second-order valence-corrected chi connectivity index (χ2v) is 7.42. The average Bonchev–Trinajstić information content (AvgIpc) is 3.11. The number of nitrogens with zero attached hydrogens (tertiary/aromatic N) is 1. The second-order valence-electron chi connectivity index (χ2n) is 7.01. The van der Waals surface area contributed by atoms with Crippen LogP contribution < -0.4 is 10.6 Å². The Morgan fingerprint density at radius 1 is 1.16 bits per heavy atom. The average molecular weight is 366 g/mol. The summed E-state index contributed by atoms with van der Waals surface area (Å²) in [7, 11) is 0. The van der Waals surface area contributed by atoms with Gasteiger partial charge in [0.15, 0.2) is 0 Å². The molecule has 1 aliphatic heterocycles. The number of carbonyl (C=O) groups is 2. The molecule has 2 N–H and O–H groups in total. The van der Waals surface area contributed by atoms with Gasteiger partial charge in [-0.3, -0.25) is 14.5 Å². The summed E-state index contributed by atoms with van der Waals surface area (Å²) in [6.45, 7) is 8.73. The van der Waals surface area contributed by atoms with Gasteiger partial charge in [-0.05, 0) is 50.9 Å². The van der Waals surface area contributed by atoms with Crippen LogP contribution in [0.2, 0.25) is 5.02 Å². The molecule has 0 unspecified atom stereocenters. The molecule has 25 heavy (non-hydrogen) atoms. The van der Waals surface area contributed by atoms with E-state index in [-0.39, 0.29) is 17.7 Å². The number of carbonyl (C=O) groups excluding carboxylic acids is 2. The van der Waals surface area contributed by atoms with Crippen molar-refractivity contribution in [3.8, 4) is 0 Å². The Bertz CT molecular complexity index is 600. The van der Waals surface area contributed by atoms with Gasteiger partial charge in [0.1, 0.15) is 6.04 Å². The molecule has 1 fully saturated rings. The summed E-state index contributed by atoms with van der Waals surface area (Å²) < 4.78 is 0. The molecule has 1 aromatic rings. The highest BCUT2D eigenvalue weighted by atomic mass is 35.5. The van der Waals surface area contributed by atoms with Crippen LogP contribution in [0, 0.1) is 5.92 Å². The van der Waals surface area contributed by atoms with Crippen molar-refractivity contribution in [1.29, 1.82) is 0 Å². The first kappa shape index (κ1) is 19.7. The van der Waals surface area contributed by atoms with E-state index in [0.29, 0.717) is 23.2 Å². The van der Waals surface area contributed by atoms with Crippen molar-refractivity contribution in [2.45, 2.75) is 45.7 Å². The molecule has 0 saturated carbocycles. The molecule has 1 saturated heterocycles. The van der Waals surface area contributed by atoms with Crippen molar-refractivity contribution < 1.29 is 9.59 Å². The number of halogens is 1. The molecule has 2 amide bonds. The van der Waals surface area contributed by atoms with Gasteiger partial charge in [0.2, 0.25) is 5.91 Å². The number of hydrogen-bond donors (Lipinski definition) is 2. The van der Waals surface area contributed by atoms with Crippen molar-refractivity contribution in [2.75, 3.05) is 19.6 Å². The van der Waals surface area contributed by atoms with Crippen LogP contribution in [0.25, 0.3) is 0 Å². The molecule has 2 atom stereocenters. The lowest BCUT2D eigenvalue weighted by atomic mass is 10.0. The molecule has 1 heterocycles. The van der Waals surface area contributed by atoms with Crippen molar-refractivity contribution in [3.05, 3.63) is 34.9 Å². The van der Waals surface area contributed by atoms with Gasteiger partial charge in [-0.1, -0.05) is 37.6 Å². The van der Waals surface area contributed by atoms with E-state index in [1.54, 1.807) is 24.3 Å². The second kappa shape index (κ2) is 9.20. The number of nitrogens with one attached hydrogen (secondary N) is 2. The van der Waals surface area contributed by atoms with Crippen LogP contribution in [-0.4, -0.2) is 48.4 Å². The highest BCUT2D eigenvalue weighted by molar-refractivity contribution is 6.33. The van der Waals surface area contributed by atoms with Gasteiger partial charge in [-0.25, -0.2) is 0 Å². The van der Waals surface area contributed by atoms with Crippen molar-refractivity contribution in [2.24, 2.45) is 5.92 Å². The van der Waals surface area contributed by atoms with Gasteiger partial charge in [0.05, 0.1) is 10.6 Å². The highest BCUT2D eigenvalue weighted by Gasteiger charge is 2.26. The number of hydrogen-bond acceptors (Lipinski definition) is 3. The van der Waals surface area contributed by atoms with Crippen LogP contribution in [0.4, 0.5) is 0 Å². The summed E-state index contributed by atoms with van der Waals surface area (Å²) in [6.07, 6.45) is 2.45. The predicted molar refractivity (Wildman–Crippen MR) is 101 cm³/mol. The number of rotatable bonds is 7. The first-order chi connectivity index (χ1) is 11.9. The molecule has 0 bridgehead atoms. The molecule has 2 rings (SSSR count). The third-order valence-corrected chi connectivity index (χ3v) is 5.02. The molecule has 0 spiro atoms. The minimum atomic E-state index is -0.588. The van der Waals surface area contributed by atoms with E-state index in [0.717, 1.165) is 13.1 Å². The first-order valence-electron chi connectivity index (χ1n) is 8.97. The summed E-state index contributed by atoms with van der Waals surface area (Å²) >= 11 is 6.07. The SMILES string of the molecule is CC(C)[C@@H](NC(=O)c1ccccc1Cl)C(=O)NC[C@@H](C)N1CCCC1.